The summed E-state index contributed by atoms with van der Waals surface area (Å²) in [5, 5.41) is 0. The molecule has 0 amide bonds. The van der Waals surface area contributed by atoms with Crippen LogP contribution in [0.1, 0.15) is 12.8 Å². The van der Waals surface area contributed by atoms with Crippen LogP contribution in [0.25, 0.3) is 0 Å². The van der Waals surface area contributed by atoms with E-state index < -0.39 is 5.79 Å². The van der Waals surface area contributed by atoms with Gasteiger partial charge in [-0.15, -0.1) is 11.8 Å². The predicted molar refractivity (Wildman–Crippen MR) is 70.0 cm³/mol. The molecule has 3 nitrogen and oxygen atoms in total. The number of rotatable bonds is 5. The second kappa shape index (κ2) is 5.17. The summed E-state index contributed by atoms with van der Waals surface area (Å²) in [7, 11) is 3.27. The van der Waals surface area contributed by atoms with E-state index in [1.807, 2.05) is 6.07 Å². The summed E-state index contributed by atoms with van der Waals surface area (Å²) in [6.07, 6.45) is 1.43. The van der Waals surface area contributed by atoms with Gasteiger partial charge in [0.2, 0.25) is 0 Å². The first-order chi connectivity index (χ1) is 8.57. The van der Waals surface area contributed by atoms with Crippen molar-refractivity contribution in [2.24, 2.45) is 5.73 Å². The summed E-state index contributed by atoms with van der Waals surface area (Å²) < 4.78 is 23.8. The third-order valence-corrected chi connectivity index (χ3v) is 4.81. The van der Waals surface area contributed by atoms with Crippen LogP contribution >= 0.6 is 11.8 Å². The van der Waals surface area contributed by atoms with Gasteiger partial charge in [-0.25, -0.2) is 4.39 Å². The number of nitrogens with two attached hydrogens (primary N) is 1. The Labute approximate surface area is 111 Å². The first-order valence-electron chi connectivity index (χ1n) is 5.82. The minimum atomic E-state index is -0.528. The van der Waals surface area contributed by atoms with E-state index in [-0.39, 0.29) is 10.6 Å². The van der Waals surface area contributed by atoms with Crippen molar-refractivity contribution < 1.29 is 13.9 Å². The monoisotopic (exact) mass is 271 g/mol. The number of hydrogen-bond donors (Lipinski definition) is 1. The van der Waals surface area contributed by atoms with Gasteiger partial charge in [-0.2, -0.15) is 0 Å². The van der Waals surface area contributed by atoms with E-state index in [1.165, 1.54) is 12.1 Å². The Hall–Kier alpha value is -0.620. The Morgan fingerprint density at radius 3 is 2.50 bits per heavy atom. The van der Waals surface area contributed by atoms with Crippen molar-refractivity contribution in [2.75, 3.05) is 20.8 Å². The summed E-state index contributed by atoms with van der Waals surface area (Å²) in [5.41, 5.74) is 5.86. The van der Waals surface area contributed by atoms with Gasteiger partial charge in [-0.1, -0.05) is 6.07 Å². The zero-order valence-corrected chi connectivity index (χ0v) is 11.4. The molecule has 18 heavy (non-hydrogen) atoms. The molecule has 1 saturated carbocycles. The Morgan fingerprint density at radius 2 is 2.00 bits per heavy atom. The lowest BCUT2D eigenvalue weighted by Crippen LogP contribution is -2.60. The molecule has 2 rings (SSSR count). The highest BCUT2D eigenvalue weighted by Crippen LogP contribution is 2.54. The van der Waals surface area contributed by atoms with Crippen molar-refractivity contribution in [3.05, 3.63) is 30.1 Å². The molecule has 1 aliphatic rings. The van der Waals surface area contributed by atoms with E-state index in [0.29, 0.717) is 19.4 Å². The lowest BCUT2D eigenvalue weighted by Gasteiger charge is -2.53. The third-order valence-electron chi connectivity index (χ3n) is 3.43. The molecule has 0 saturated heterocycles. The summed E-state index contributed by atoms with van der Waals surface area (Å²) in [5.74, 6) is -0.754. The molecular formula is C13H18FNO2S. The van der Waals surface area contributed by atoms with Crippen LogP contribution in [-0.4, -0.2) is 31.3 Å². The third kappa shape index (κ3) is 2.54. The van der Waals surface area contributed by atoms with Crippen molar-refractivity contribution >= 4 is 11.8 Å². The van der Waals surface area contributed by atoms with Crippen molar-refractivity contribution in [2.45, 2.75) is 28.3 Å². The summed E-state index contributed by atoms with van der Waals surface area (Å²) in [6, 6.07) is 6.57. The zero-order valence-electron chi connectivity index (χ0n) is 10.6. The van der Waals surface area contributed by atoms with Crippen molar-refractivity contribution in [1.82, 2.24) is 0 Å². The van der Waals surface area contributed by atoms with Crippen LogP contribution in [0.15, 0.2) is 29.2 Å². The zero-order chi connectivity index (χ0) is 13.2. The van der Waals surface area contributed by atoms with Crippen molar-refractivity contribution in [3.63, 3.8) is 0 Å². The molecule has 0 unspecified atom stereocenters. The molecule has 0 radical (unpaired) electrons. The Kier molecular flexibility index (Phi) is 3.96. The molecule has 2 N–H and O–H groups in total. The minimum Gasteiger partial charge on any atom is -0.353 e. The molecule has 0 bridgehead atoms. The standard InChI is InChI=1S/C13H18FNO2S/c1-16-13(17-2)7-12(8-13,9-15)18-11-5-3-4-10(14)6-11/h3-6H,7-9,15H2,1-2H3. The van der Waals surface area contributed by atoms with E-state index in [1.54, 1.807) is 32.0 Å². The van der Waals surface area contributed by atoms with Gasteiger partial charge in [-0.3, -0.25) is 0 Å². The largest absolute Gasteiger partial charge is 0.353 e. The highest BCUT2D eigenvalue weighted by Gasteiger charge is 2.55. The first kappa shape index (κ1) is 13.8. The highest BCUT2D eigenvalue weighted by molar-refractivity contribution is 8.00. The second-order valence-electron chi connectivity index (χ2n) is 4.62. The molecular weight excluding hydrogens is 253 g/mol. The van der Waals surface area contributed by atoms with Crippen LogP contribution in [-0.2, 0) is 9.47 Å². The highest BCUT2D eigenvalue weighted by atomic mass is 32.2. The van der Waals surface area contributed by atoms with E-state index in [0.717, 1.165) is 4.90 Å². The van der Waals surface area contributed by atoms with Gasteiger partial charge in [0.05, 0.1) is 0 Å². The van der Waals surface area contributed by atoms with E-state index >= 15 is 0 Å². The molecule has 100 valence electrons. The quantitative estimate of drug-likeness (QED) is 0.835. The maximum absolute atomic E-state index is 13.2. The molecule has 0 spiro atoms. The predicted octanol–water partition coefficient (Wildman–Crippen LogP) is 2.40. The van der Waals surface area contributed by atoms with Gasteiger partial charge in [0.15, 0.2) is 5.79 Å². The van der Waals surface area contributed by atoms with Crippen LogP contribution in [0.2, 0.25) is 0 Å². The van der Waals surface area contributed by atoms with Gasteiger partial charge < -0.3 is 15.2 Å². The lowest BCUT2D eigenvalue weighted by atomic mass is 9.77. The maximum atomic E-state index is 13.2. The van der Waals surface area contributed by atoms with Gasteiger partial charge in [-0.05, 0) is 18.2 Å². The minimum absolute atomic E-state index is 0.125. The molecule has 0 aromatic heterocycles. The fourth-order valence-corrected chi connectivity index (χ4v) is 3.83. The van der Waals surface area contributed by atoms with Crippen molar-refractivity contribution in [3.8, 4) is 0 Å². The number of halogens is 1. The molecule has 0 aliphatic heterocycles. The molecule has 1 aromatic rings. The van der Waals surface area contributed by atoms with E-state index in [9.17, 15) is 4.39 Å². The van der Waals surface area contributed by atoms with Crippen LogP contribution in [0.4, 0.5) is 4.39 Å². The van der Waals surface area contributed by atoms with Crippen molar-refractivity contribution in [1.29, 1.82) is 0 Å². The molecule has 1 aromatic carbocycles. The number of methoxy groups -OCH3 is 2. The molecule has 0 atom stereocenters. The second-order valence-corrected chi connectivity index (χ2v) is 6.16. The van der Waals surface area contributed by atoms with Crippen LogP contribution in [0.5, 0.6) is 0 Å². The fraction of sp³-hybridized carbons (Fsp3) is 0.538. The number of thioether (sulfide) groups is 1. The normalized spacial score (nSPS) is 20.4. The average molecular weight is 271 g/mol. The van der Waals surface area contributed by atoms with E-state index in [4.69, 9.17) is 15.2 Å². The van der Waals surface area contributed by atoms with Gasteiger partial charge in [0, 0.05) is 43.2 Å². The lowest BCUT2D eigenvalue weighted by molar-refractivity contribution is -0.260. The van der Waals surface area contributed by atoms with Gasteiger partial charge >= 0.3 is 0 Å². The topological polar surface area (TPSA) is 44.5 Å². The van der Waals surface area contributed by atoms with Crippen LogP contribution < -0.4 is 5.73 Å². The first-order valence-corrected chi connectivity index (χ1v) is 6.64. The van der Waals surface area contributed by atoms with Crippen LogP contribution in [0.3, 0.4) is 0 Å². The molecule has 5 heteroatoms. The molecule has 0 heterocycles. The number of ether oxygens (including phenoxy) is 2. The van der Waals surface area contributed by atoms with Gasteiger partial charge in [0.1, 0.15) is 5.82 Å². The summed E-state index contributed by atoms with van der Waals surface area (Å²) >= 11 is 1.60. The van der Waals surface area contributed by atoms with Crippen LogP contribution in [0, 0.1) is 5.82 Å². The Balaban J connectivity index is 2.08. The smallest absolute Gasteiger partial charge is 0.170 e. The Morgan fingerprint density at radius 1 is 1.33 bits per heavy atom. The van der Waals surface area contributed by atoms with Gasteiger partial charge in [0.25, 0.3) is 0 Å². The van der Waals surface area contributed by atoms with E-state index in [2.05, 4.69) is 0 Å². The number of benzene rings is 1. The molecule has 1 aliphatic carbocycles. The average Bonchev–Trinajstić information content (AvgIpc) is 2.33. The number of hydrogen-bond acceptors (Lipinski definition) is 4. The fourth-order valence-electron chi connectivity index (χ4n) is 2.34. The maximum Gasteiger partial charge on any atom is 0.170 e. The SMILES string of the molecule is COC1(OC)CC(CN)(Sc2cccc(F)c2)C1. The molecule has 1 fully saturated rings. The summed E-state index contributed by atoms with van der Waals surface area (Å²) in [6.45, 7) is 0.517. The Bertz CT molecular complexity index is 415. The summed E-state index contributed by atoms with van der Waals surface area (Å²) in [4.78, 5) is 0.890.